The number of hydrogen-bond donors (Lipinski definition) is 2. The Kier molecular flexibility index (Phi) is 5.82. The van der Waals surface area contributed by atoms with Crippen molar-refractivity contribution in [3.63, 3.8) is 0 Å². The summed E-state index contributed by atoms with van der Waals surface area (Å²) >= 11 is 0. The maximum Gasteiger partial charge on any atom is 0.520 e. The molecule has 0 saturated heterocycles. The van der Waals surface area contributed by atoms with Crippen molar-refractivity contribution >= 4 is 18.0 Å². The number of ether oxygens (including phenoxy) is 3. The monoisotopic (exact) mass is 347 g/mol. The number of hydrogen-bond acceptors (Lipinski definition) is 9. The van der Waals surface area contributed by atoms with Crippen molar-refractivity contribution in [2.45, 2.75) is 0 Å². The summed E-state index contributed by atoms with van der Waals surface area (Å²) in [5.41, 5.74) is -0.242. The van der Waals surface area contributed by atoms with E-state index in [0.29, 0.717) is 0 Å². The van der Waals surface area contributed by atoms with E-state index in [4.69, 9.17) is 9.47 Å². The first-order valence-corrected chi connectivity index (χ1v) is 6.85. The van der Waals surface area contributed by atoms with E-state index in [1.807, 2.05) is 0 Å². The highest BCUT2D eigenvalue weighted by molar-refractivity contribution is 5.97. The molecule has 10 heteroatoms. The Balaban J connectivity index is 2.07. The van der Waals surface area contributed by atoms with Gasteiger partial charge in [-0.3, -0.25) is 9.59 Å². The summed E-state index contributed by atoms with van der Waals surface area (Å²) in [4.78, 5) is 42.3. The van der Waals surface area contributed by atoms with Crippen molar-refractivity contribution in [1.29, 1.82) is 0 Å². The fourth-order valence-electron chi connectivity index (χ4n) is 1.60. The Morgan fingerprint density at radius 2 is 1.84 bits per heavy atom. The molecule has 0 spiro atoms. The van der Waals surface area contributed by atoms with Gasteiger partial charge in [0.15, 0.2) is 17.2 Å². The molecule has 2 heterocycles. The van der Waals surface area contributed by atoms with E-state index in [1.165, 1.54) is 43.8 Å². The number of rotatable bonds is 5. The van der Waals surface area contributed by atoms with Crippen molar-refractivity contribution in [1.82, 2.24) is 15.3 Å². The third-order valence-corrected chi connectivity index (χ3v) is 2.73. The van der Waals surface area contributed by atoms with Gasteiger partial charge in [-0.1, -0.05) is 0 Å². The van der Waals surface area contributed by atoms with Crippen molar-refractivity contribution in [2.24, 2.45) is 0 Å². The lowest BCUT2D eigenvalue weighted by Crippen LogP contribution is -2.31. The van der Waals surface area contributed by atoms with Crippen LogP contribution in [0.5, 0.6) is 17.4 Å². The molecule has 0 aromatic carbocycles. The Hall–Kier alpha value is -3.69. The number of nitrogens with zero attached hydrogens (tertiary/aromatic N) is 2. The number of nitrogens with one attached hydrogen (secondary N) is 1. The molecule has 1 amide bonds. The van der Waals surface area contributed by atoms with E-state index in [1.54, 1.807) is 0 Å². The van der Waals surface area contributed by atoms with Crippen LogP contribution in [0.15, 0.2) is 36.7 Å². The van der Waals surface area contributed by atoms with Gasteiger partial charge in [-0.05, 0) is 24.3 Å². The Morgan fingerprint density at radius 1 is 1.12 bits per heavy atom. The van der Waals surface area contributed by atoms with Gasteiger partial charge in [-0.2, -0.15) is 0 Å². The number of carbonyl (C=O) groups is 3. The van der Waals surface area contributed by atoms with Crippen LogP contribution in [0.3, 0.4) is 0 Å². The first-order chi connectivity index (χ1) is 12.0. The molecule has 2 aromatic heterocycles. The molecular formula is C15H13N3O7. The third-order valence-electron chi connectivity index (χ3n) is 2.73. The zero-order valence-corrected chi connectivity index (χ0v) is 13.0. The highest BCUT2D eigenvalue weighted by atomic mass is 16.7. The fourth-order valence-corrected chi connectivity index (χ4v) is 1.60. The Bertz CT molecular complexity index is 794. The molecule has 0 saturated carbocycles. The molecule has 2 N–H and O–H groups in total. The predicted octanol–water partition coefficient (Wildman–Crippen LogP) is 0.663. The van der Waals surface area contributed by atoms with Gasteiger partial charge in [0.1, 0.15) is 6.54 Å². The molecule has 2 rings (SSSR count). The number of methoxy groups -OCH3 is 1. The van der Waals surface area contributed by atoms with Crippen LogP contribution < -0.4 is 14.8 Å². The summed E-state index contributed by atoms with van der Waals surface area (Å²) in [7, 11) is 1.17. The van der Waals surface area contributed by atoms with Crippen molar-refractivity contribution in [3.05, 3.63) is 42.4 Å². The minimum atomic E-state index is -1.23. The van der Waals surface area contributed by atoms with Gasteiger partial charge >= 0.3 is 12.1 Å². The molecule has 0 unspecified atom stereocenters. The molecule has 0 fully saturated rings. The average Bonchev–Trinajstić information content (AvgIpc) is 2.61. The van der Waals surface area contributed by atoms with Crippen molar-refractivity contribution < 1.29 is 33.7 Å². The molecule has 0 aliphatic rings. The normalized spacial score (nSPS) is 9.80. The number of aromatic nitrogens is 2. The third kappa shape index (κ3) is 4.89. The molecule has 130 valence electrons. The molecule has 25 heavy (non-hydrogen) atoms. The van der Waals surface area contributed by atoms with Crippen molar-refractivity contribution in [3.8, 4) is 17.4 Å². The number of esters is 1. The maximum absolute atomic E-state index is 12.0. The van der Waals surface area contributed by atoms with Crippen LogP contribution in [0.1, 0.15) is 10.5 Å². The van der Waals surface area contributed by atoms with Gasteiger partial charge in [0, 0.05) is 12.4 Å². The highest BCUT2D eigenvalue weighted by Crippen LogP contribution is 2.22. The lowest BCUT2D eigenvalue weighted by Gasteiger charge is -2.09. The van der Waals surface area contributed by atoms with Crippen LogP contribution in [0.4, 0.5) is 4.79 Å². The first-order valence-electron chi connectivity index (χ1n) is 6.85. The molecule has 10 nitrogen and oxygen atoms in total. The quantitative estimate of drug-likeness (QED) is 0.747. The molecule has 0 aliphatic heterocycles. The van der Waals surface area contributed by atoms with Gasteiger partial charge in [-0.15, -0.1) is 0 Å². The largest absolute Gasteiger partial charge is 0.520 e. The SMILES string of the molecule is COC(=O)CNC(=O)c1ncccc1OC(=O)Oc1ncccc1O. The van der Waals surface area contributed by atoms with Gasteiger partial charge < -0.3 is 24.6 Å². The second-order valence-corrected chi connectivity index (χ2v) is 4.39. The van der Waals surface area contributed by atoms with E-state index in [-0.39, 0.29) is 29.6 Å². The summed E-state index contributed by atoms with van der Waals surface area (Å²) in [6.45, 7) is -0.377. The van der Waals surface area contributed by atoms with Crippen molar-refractivity contribution in [2.75, 3.05) is 13.7 Å². The van der Waals surface area contributed by atoms with Gasteiger partial charge in [-0.25, -0.2) is 14.8 Å². The molecule has 2 aromatic rings. The van der Waals surface area contributed by atoms with Crippen LogP contribution in [-0.2, 0) is 9.53 Å². The average molecular weight is 347 g/mol. The van der Waals surface area contributed by atoms with Crippen LogP contribution >= 0.6 is 0 Å². The molecule has 0 bridgehead atoms. The van der Waals surface area contributed by atoms with E-state index in [2.05, 4.69) is 20.0 Å². The molecule has 0 radical (unpaired) electrons. The minimum Gasteiger partial charge on any atom is -0.503 e. The minimum absolute atomic E-state index is 0.203. The van der Waals surface area contributed by atoms with E-state index >= 15 is 0 Å². The second-order valence-electron chi connectivity index (χ2n) is 4.39. The zero-order valence-electron chi connectivity index (χ0n) is 13.0. The van der Waals surface area contributed by atoms with E-state index in [0.717, 1.165) is 0 Å². The first kappa shape index (κ1) is 17.7. The topological polar surface area (TPSA) is 137 Å². The van der Waals surface area contributed by atoms with Crippen LogP contribution in [-0.4, -0.2) is 46.8 Å². The van der Waals surface area contributed by atoms with Gasteiger partial charge in [0.2, 0.25) is 0 Å². The number of amides is 1. The number of aromatic hydroxyl groups is 1. The fraction of sp³-hybridized carbons (Fsp3) is 0.133. The molecule has 0 aliphatic carbocycles. The lowest BCUT2D eigenvalue weighted by atomic mass is 10.3. The lowest BCUT2D eigenvalue weighted by molar-refractivity contribution is -0.139. The van der Waals surface area contributed by atoms with Crippen LogP contribution in [0, 0.1) is 0 Å². The summed E-state index contributed by atoms with van der Waals surface area (Å²) in [5.74, 6) is -2.33. The Labute approximate surface area is 141 Å². The predicted molar refractivity (Wildman–Crippen MR) is 81.1 cm³/mol. The zero-order chi connectivity index (χ0) is 18.2. The summed E-state index contributed by atoms with van der Waals surface area (Å²) in [5, 5.41) is 11.8. The van der Waals surface area contributed by atoms with E-state index < -0.39 is 18.0 Å². The van der Waals surface area contributed by atoms with E-state index in [9.17, 15) is 19.5 Å². The summed E-state index contributed by atoms with van der Waals surface area (Å²) in [6.07, 6.45) is 1.37. The van der Waals surface area contributed by atoms with Crippen LogP contribution in [0.2, 0.25) is 0 Å². The van der Waals surface area contributed by atoms with Gasteiger partial charge in [0.05, 0.1) is 7.11 Å². The highest BCUT2D eigenvalue weighted by Gasteiger charge is 2.19. The standard InChI is InChI=1S/C15H13N3O7/c1-23-11(20)8-18-13(21)12-10(5-3-6-16-12)24-15(22)25-14-9(19)4-2-7-17-14/h2-7,19H,8H2,1H3,(H,18,21). The Morgan fingerprint density at radius 3 is 2.56 bits per heavy atom. The van der Waals surface area contributed by atoms with Gasteiger partial charge in [0.25, 0.3) is 11.8 Å². The second kappa shape index (κ2) is 8.24. The van der Waals surface area contributed by atoms with Crippen LogP contribution in [0.25, 0.3) is 0 Å². The maximum atomic E-state index is 12.0. The molecule has 0 atom stereocenters. The summed E-state index contributed by atoms with van der Waals surface area (Å²) < 4.78 is 14.0. The molecular weight excluding hydrogens is 334 g/mol. The summed E-state index contributed by atoms with van der Waals surface area (Å²) in [6, 6.07) is 5.45. The number of carbonyl (C=O) groups excluding carboxylic acids is 3. The number of pyridine rings is 2. The smallest absolute Gasteiger partial charge is 0.503 e.